The Kier molecular flexibility index (Phi) is 3.93. The van der Waals surface area contributed by atoms with Crippen molar-refractivity contribution in [2.24, 2.45) is 0 Å². The molecule has 1 N–H and O–H groups in total. The predicted octanol–water partition coefficient (Wildman–Crippen LogP) is 3.07. The molecule has 0 saturated heterocycles. The molecule has 0 aliphatic carbocycles. The molecule has 1 aliphatic heterocycles. The summed E-state index contributed by atoms with van der Waals surface area (Å²) in [5, 5.41) is 0. The van der Waals surface area contributed by atoms with Gasteiger partial charge in [-0.1, -0.05) is 0 Å². The molecule has 23 heavy (non-hydrogen) atoms. The number of thiophene rings is 1. The summed E-state index contributed by atoms with van der Waals surface area (Å²) in [6.45, 7) is 5.87. The van der Waals surface area contributed by atoms with Gasteiger partial charge in [-0.05, 0) is 50.1 Å². The molecular formula is C16H18N2O3S2. The van der Waals surface area contributed by atoms with Gasteiger partial charge in [-0.15, -0.1) is 11.3 Å². The van der Waals surface area contributed by atoms with E-state index >= 15 is 0 Å². The van der Waals surface area contributed by atoms with Crippen LogP contribution in [0.4, 0.5) is 11.4 Å². The van der Waals surface area contributed by atoms with Crippen molar-refractivity contribution in [1.82, 2.24) is 0 Å². The summed E-state index contributed by atoms with van der Waals surface area (Å²) in [4.78, 5) is 15.3. The first-order valence-corrected chi connectivity index (χ1v) is 9.59. The average Bonchev–Trinajstić information content (AvgIpc) is 3.01. The van der Waals surface area contributed by atoms with Crippen LogP contribution in [0.25, 0.3) is 0 Å². The normalized spacial score (nSPS) is 14.0. The summed E-state index contributed by atoms with van der Waals surface area (Å²) >= 11 is 1.47. The lowest BCUT2D eigenvalue weighted by Gasteiger charge is -2.15. The maximum Gasteiger partial charge on any atom is 0.262 e. The van der Waals surface area contributed by atoms with E-state index in [1.165, 1.54) is 18.3 Å². The molecule has 1 amide bonds. The van der Waals surface area contributed by atoms with Crippen LogP contribution < -0.4 is 9.62 Å². The fraction of sp³-hybridized carbons (Fsp3) is 0.312. The van der Waals surface area contributed by atoms with Crippen LogP contribution in [0.3, 0.4) is 0 Å². The zero-order chi connectivity index (χ0) is 16.8. The van der Waals surface area contributed by atoms with Gasteiger partial charge in [0.1, 0.15) is 4.90 Å². The zero-order valence-electron chi connectivity index (χ0n) is 13.2. The molecule has 122 valence electrons. The fourth-order valence-corrected chi connectivity index (χ4v) is 5.48. The van der Waals surface area contributed by atoms with E-state index in [1.807, 2.05) is 13.0 Å². The lowest BCUT2D eigenvalue weighted by Crippen LogP contribution is -2.25. The Morgan fingerprint density at radius 2 is 2.00 bits per heavy atom. The van der Waals surface area contributed by atoms with Crippen molar-refractivity contribution in [1.29, 1.82) is 0 Å². The van der Waals surface area contributed by atoms with E-state index in [-0.39, 0.29) is 5.91 Å². The number of carbonyl (C=O) groups is 1. The lowest BCUT2D eigenvalue weighted by molar-refractivity contribution is -0.116. The first kappa shape index (κ1) is 16.0. The summed E-state index contributed by atoms with van der Waals surface area (Å²) in [7, 11) is -3.59. The minimum atomic E-state index is -3.59. The number of sulfonamides is 1. The molecule has 0 spiro atoms. The van der Waals surface area contributed by atoms with Crippen LogP contribution in [0.15, 0.2) is 29.2 Å². The molecule has 0 atom stereocenters. The predicted molar refractivity (Wildman–Crippen MR) is 92.8 cm³/mol. The van der Waals surface area contributed by atoms with Crippen molar-refractivity contribution in [3.8, 4) is 0 Å². The molecule has 0 fully saturated rings. The monoisotopic (exact) mass is 350 g/mol. The lowest BCUT2D eigenvalue weighted by atomic mass is 10.1. The second-order valence-electron chi connectivity index (χ2n) is 5.65. The van der Waals surface area contributed by atoms with Crippen LogP contribution in [-0.2, 0) is 21.2 Å². The van der Waals surface area contributed by atoms with Crippen LogP contribution >= 0.6 is 11.3 Å². The molecule has 1 aromatic heterocycles. The van der Waals surface area contributed by atoms with Crippen LogP contribution in [0.5, 0.6) is 0 Å². The second kappa shape index (κ2) is 5.65. The number of nitrogens with zero attached hydrogens (tertiary/aromatic N) is 1. The number of amides is 1. The summed E-state index contributed by atoms with van der Waals surface area (Å²) < 4.78 is 27.7. The molecule has 2 heterocycles. The van der Waals surface area contributed by atoms with Crippen molar-refractivity contribution in [3.05, 3.63) is 39.6 Å². The van der Waals surface area contributed by atoms with Crippen molar-refractivity contribution in [3.63, 3.8) is 0 Å². The van der Waals surface area contributed by atoms with Gasteiger partial charge in [0, 0.05) is 34.6 Å². The number of benzene rings is 1. The molecular weight excluding hydrogens is 332 g/mol. The Morgan fingerprint density at radius 3 is 2.61 bits per heavy atom. The molecule has 1 aliphatic rings. The largest absolute Gasteiger partial charge is 0.312 e. The number of carbonyl (C=O) groups excluding carboxylic acids is 1. The van der Waals surface area contributed by atoms with Crippen LogP contribution in [0.2, 0.25) is 0 Å². The molecule has 0 radical (unpaired) electrons. The van der Waals surface area contributed by atoms with Crippen molar-refractivity contribution >= 4 is 38.6 Å². The molecule has 3 rings (SSSR count). The number of nitrogens with one attached hydrogen (secondary N) is 1. The Labute approximate surface area is 140 Å². The summed E-state index contributed by atoms with van der Waals surface area (Å²) in [6, 6.07) is 7.00. The van der Waals surface area contributed by atoms with Gasteiger partial charge in [-0.3, -0.25) is 9.52 Å². The SMILES string of the molecule is CC(=O)N1CCc2cc(NS(=O)(=O)c3cc(C)sc3C)ccc21. The van der Waals surface area contributed by atoms with E-state index in [2.05, 4.69) is 4.72 Å². The highest BCUT2D eigenvalue weighted by Gasteiger charge is 2.24. The summed E-state index contributed by atoms with van der Waals surface area (Å²) in [5.74, 6) is 0.00135. The van der Waals surface area contributed by atoms with Crippen LogP contribution in [-0.4, -0.2) is 20.9 Å². The Morgan fingerprint density at radius 1 is 1.26 bits per heavy atom. The third-order valence-electron chi connectivity index (χ3n) is 3.89. The highest BCUT2D eigenvalue weighted by atomic mass is 32.2. The van der Waals surface area contributed by atoms with Crippen molar-refractivity contribution < 1.29 is 13.2 Å². The van der Waals surface area contributed by atoms with Gasteiger partial charge < -0.3 is 4.90 Å². The molecule has 5 nitrogen and oxygen atoms in total. The standard InChI is InChI=1S/C16H18N2O3S2/c1-10-8-16(11(2)22-10)23(20,21)17-14-4-5-15-13(9-14)6-7-18(15)12(3)19/h4-5,8-9,17H,6-7H2,1-3H3. The topological polar surface area (TPSA) is 66.5 Å². The van der Waals surface area contributed by atoms with E-state index in [1.54, 1.807) is 30.0 Å². The summed E-state index contributed by atoms with van der Waals surface area (Å²) in [5.41, 5.74) is 2.37. The number of hydrogen-bond acceptors (Lipinski definition) is 4. The molecule has 2 aromatic rings. The minimum absolute atomic E-state index is 0.00135. The van der Waals surface area contributed by atoms with E-state index in [4.69, 9.17) is 0 Å². The van der Waals surface area contributed by atoms with E-state index in [0.29, 0.717) is 17.1 Å². The minimum Gasteiger partial charge on any atom is -0.312 e. The zero-order valence-corrected chi connectivity index (χ0v) is 14.8. The third-order valence-corrected chi connectivity index (χ3v) is 6.49. The van der Waals surface area contributed by atoms with Gasteiger partial charge >= 0.3 is 0 Å². The molecule has 1 aromatic carbocycles. The maximum atomic E-state index is 12.5. The van der Waals surface area contributed by atoms with Gasteiger partial charge in [0.2, 0.25) is 5.91 Å². The van der Waals surface area contributed by atoms with Gasteiger partial charge in [0.25, 0.3) is 10.0 Å². The van der Waals surface area contributed by atoms with E-state index in [0.717, 1.165) is 27.4 Å². The van der Waals surface area contributed by atoms with Gasteiger partial charge in [0.15, 0.2) is 0 Å². The Hall–Kier alpha value is -1.86. The Balaban J connectivity index is 1.90. The number of rotatable bonds is 3. The first-order valence-electron chi connectivity index (χ1n) is 7.29. The molecule has 0 unspecified atom stereocenters. The first-order chi connectivity index (χ1) is 10.8. The average molecular weight is 350 g/mol. The number of hydrogen-bond donors (Lipinski definition) is 1. The third kappa shape index (κ3) is 2.98. The maximum absolute atomic E-state index is 12.5. The summed E-state index contributed by atoms with van der Waals surface area (Å²) in [6.07, 6.45) is 0.737. The van der Waals surface area contributed by atoms with E-state index < -0.39 is 10.0 Å². The van der Waals surface area contributed by atoms with Crippen LogP contribution in [0.1, 0.15) is 22.2 Å². The number of fused-ring (bicyclic) bond motifs is 1. The van der Waals surface area contributed by atoms with Crippen molar-refractivity contribution in [2.75, 3.05) is 16.2 Å². The highest BCUT2D eigenvalue weighted by Crippen LogP contribution is 2.32. The van der Waals surface area contributed by atoms with Crippen molar-refractivity contribution in [2.45, 2.75) is 32.1 Å². The molecule has 7 heteroatoms. The fourth-order valence-electron chi connectivity index (χ4n) is 2.88. The smallest absolute Gasteiger partial charge is 0.262 e. The van der Waals surface area contributed by atoms with Gasteiger partial charge in [-0.25, -0.2) is 8.42 Å². The van der Waals surface area contributed by atoms with Gasteiger partial charge in [0.05, 0.1) is 0 Å². The number of anilines is 2. The van der Waals surface area contributed by atoms with Crippen LogP contribution in [0, 0.1) is 13.8 Å². The Bertz CT molecular complexity index is 885. The van der Waals surface area contributed by atoms with E-state index in [9.17, 15) is 13.2 Å². The second-order valence-corrected chi connectivity index (χ2v) is 8.76. The number of aryl methyl sites for hydroxylation is 2. The quantitative estimate of drug-likeness (QED) is 0.925. The molecule has 0 bridgehead atoms. The van der Waals surface area contributed by atoms with Gasteiger partial charge in [-0.2, -0.15) is 0 Å². The molecule has 0 saturated carbocycles. The highest BCUT2D eigenvalue weighted by molar-refractivity contribution is 7.93.